The molecule has 1 saturated heterocycles. The lowest BCUT2D eigenvalue weighted by molar-refractivity contribution is -0.144. The fourth-order valence-corrected chi connectivity index (χ4v) is 3.82. The number of nitrogens with zero attached hydrogens (tertiary/aromatic N) is 1. The number of carbonyl (C=O) groups excluding carboxylic acids is 1. The average Bonchev–Trinajstić information content (AvgIpc) is 2.92. The smallest absolute Gasteiger partial charge is 0.306 e. The van der Waals surface area contributed by atoms with E-state index in [2.05, 4.69) is 10.2 Å². The van der Waals surface area contributed by atoms with Crippen molar-refractivity contribution in [3.8, 4) is 0 Å². The van der Waals surface area contributed by atoms with Crippen LogP contribution >= 0.6 is 0 Å². The third-order valence-electron chi connectivity index (χ3n) is 4.65. The highest BCUT2D eigenvalue weighted by atomic mass is 16.5. The number of carbonyl (C=O) groups is 1. The van der Waals surface area contributed by atoms with Crippen molar-refractivity contribution < 1.29 is 9.53 Å². The van der Waals surface area contributed by atoms with Crippen LogP contribution in [0.2, 0.25) is 0 Å². The second-order valence-corrected chi connectivity index (χ2v) is 6.50. The molecule has 0 spiro atoms. The second kappa shape index (κ2) is 8.71. The molecule has 2 unspecified atom stereocenters. The number of nitrogens with one attached hydrogen (secondary N) is 1. The highest BCUT2D eigenvalue weighted by Gasteiger charge is 2.30. The Morgan fingerprint density at radius 2 is 2.05 bits per heavy atom. The summed E-state index contributed by atoms with van der Waals surface area (Å²) in [4.78, 5) is 14.1. The van der Waals surface area contributed by atoms with Crippen molar-refractivity contribution in [3.05, 3.63) is 0 Å². The molecule has 122 valence electrons. The van der Waals surface area contributed by atoms with Crippen molar-refractivity contribution in [3.63, 3.8) is 0 Å². The number of hydrogen-bond donors (Lipinski definition) is 2. The fourth-order valence-electron chi connectivity index (χ4n) is 3.82. The zero-order valence-corrected chi connectivity index (χ0v) is 13.4. The summed E-state index contributed by atoms with van der Waals surface area (Å²) < 4.78 is 5.11. The lowest BCUT2D eigenvalue weighted by Gasteiger charge is -2.39. The molecule has 2 aliphatic rings. The molecule has 0 aromatic rings. The quantitative estimate of drug-likeness (QED) is 0.689. The van der Waals surface area contributed by atoms with Crippen LogP contribution in [0.1, 0.15) is 45.4 Å². The fraction of sp³-hybridized carbons (Fsp3) is 0.938. The molecular formula is C16H31N3O2. The Morgan fingerprint density at radius 3 is 2.71 bits per heavy atom. The van der Waals surface area contributed by atoms with Gasteiger partial charge in [-0.3, -0.25) is 4.79 Å². The Morgan fingerprint density at radius 1 is 1.29 bits per heavy atom. The predicted molar refractivity (Wildman–Crippen MR) is 84.0 cm³/mol. The third kappa shape index (κ3) is 5.57. The first-order valence-electron chi connectivity index (χ1n) is 8.55. The van der Waals surface area contributed by atoms with Crippen molar-refractivity contribution in [1.29, 1.82) is 0 Å². The van der Waals surface area contributed by atoms with Crippen molar-refractivity contribution in [1.82, 2.24) is 10.2 Å². The van der Waals surface area contributed by atoms with E-state index in [9.17, 15) is 4.79 Å². The molecule has 0 aromatic carbocycles. The van der Waals surface area contributed by atoms with Crippen LogP contribution < -0.4 is 11.1 Å². The minimum Gasteiger partial charge on any atom is -0.466 e. The van der Waals surface area contributed by atoms with Gasteiger partial charge < -0.3 is 20.7 Å². The number of likely N-dealkylation sites (tertiary alicyclic amines) is 1. The Balaban J connectivity index is 1.85. The Bertz CT molecular complexity index is 319. The zero-order chi connectivity index (χ0) is 15.1. The van der Waals surface area contributed by atoms with Gasteiger partial charge in [0.15, 0.2) is 0 Å². The minimum atomic E-state index is -0.0586. The summed E-state index contributed by atoms with van der Waals surface area (Å²) in [5.74, 6) is 0.333. The molecule has 5 heteroatoms. The van der Waals surface area contributed by atoms with Crippen LogP contribution in [0, 0.1) is 5.92 Å². The van der Waals surface area contributed by atoms with E-state index in [4.69, 9.17) is 10.5 Å². The molecule has 0 aromatic heterocycles. The SMILES string of the molecule is CCOC(=O)CC1CC(NC2CCCC2)CN(CCN)C1. The number of piperidine rings is 1. The first-order valence-corrected chi connectivity index (χ1v) is 8.55. The summed E-state index contributed by atoms with van der Waals surface area (Å²) >= 11 is 0. The van der Waals surface area contributed by atoms with E-state index in [-0.39, 0.29) is 5.97 Å². The van der Waals surface area contributed by atoms with Gasteiger partial charge in [0.2, 0.25) is 0 Å². The molecule has 0 amide bonds. The Labute approximate surface area is 128 Å². The van der Waals surface area contributed by atoms with E-state index >= 15 is 0 Å². The maximum absolute atomic E-state index is 11.7. The van der Waals surface area contributed by atoms with Gasteiger partial charge in [0, 0.05) is 44.7 Å². The van der Waals surface area contributed by atoms with Crippen LogP contribution in [-0.2, 0) is 9.53 Å². The summed E-state index contributed by atoms with van der Waals surface area (Å²) in [5, 5.41) is 3.81. The highest BCUT2D eigenvalue weighted by molar-refractivity contribution is 5.69. The van der Waals surface area contributed by atoms with Crippen molar-refractivity contribution in [2.75, 3.05) is 32.8 Å². The molecule has 5 nitrogen and oxygen atoms in total. The monoisotopic (exact) mass is 297 g/mol. The van der Waals surface area contributed by atoms with Gasteiger partial charge in [0.05, 0.1) is 6.61 Å². The second-order valence-electron chi connectivity index (χ2n) is 6.50. The first kappa shape index (κ1) is 16.7. The van der Waals surface area contributed by atoms with Gasteiger partial charge in [-0.05, 0) is 32.1 Å². The van der Waals surface area contributed by atoms with Gasteiger partial charge in [-0.2, -0.15) is 0 Å². The molecule has 0 radical (unpaired) electrons. The standard InChI is InChI=1S/C16H31N3O2/c1-2-21-16(20)10-13-9-15(12-19(11-13)8-7-17)18-14-5-3-4-6-14/h13-15,18H,2-12,17H2,1H3. The first-order chi connectivity index (χ1) is 10.2. The van der Waals surface area contributed by atoms with E-state index < -0.39 is 0 Å². The van der Waals surface area contributed by atoms with Crippen LogP contribution in [0.3, 0.4) is 0 Å². The summed E-state index contributed by atoms with van der Waals surface area (Å²) in [6.45, 7) is 5.97. The zero-order valence-electron chi connectivity index (χ0n) is 13.4. The van der Waals surface area contributed by atoms with E-state index in [1.165, 1.54) is 25.7 Å². The van der Waals surface area contributed by atoms with Crippen LogP contribution in [0.25, 0.3) is 0 Å². The van der Waals surface area contributed by atoms with Crippen LogP contribution in [0.15, 0.2) is 0 Å². The van der Waals surface area contributed by atoms with E-state index in [1.807, 2.05) is 6.92 Å². The average molecular weight is 297 g/mol. The predicted octanol–water partition coefficient (Wildman–Crippen LogP) is 1.12. The Kier molecular flexibility index (Phi) is 6.93. The molecule has 1 heterocycles. The summed E-state index contributed by atoms with van der Waals surface area (Å²) in [6.07, 6.45) is 6.92. The molecule has 3 N–H and O–H groups in total. The molecule has 2 fully saturated rings. The lowest BCUT2D eigenvalue weighted by atomic mass is 9.91. The van der Waals surface area contributed by atoms with Crippen molar-refractivity contribution in [2.24, 2.45) is 11.7 Å². The van der Waals surface area contributed by atoms with E-state index in [0.717, 1.165) is 26.1 Å². The maximum Gasteiger partial charge on any atom is 0.306 e. The molecule has 2 rings (SSSR count). The Hall–Kier alpha value is -0.650. The molecule has 1 aliphatic carbocycles. The number of nitrogens with two attached hydrogens (primary N) is 1. The van der Waals surface area contributed by atoms with Gasteiger partial charge in [-0.1, -0.05) is 12.8 Å². The summed E-state index contributed by atoms with van der Waals surface area (Å²) in [7, 11) is 0. The maximum atomic E-state index is 11.7. The number of rotatable bonds is 7. The van der Waals surface area contributed by atoms with Crippen LogP contribution in [-0.4, -0.2) is 55.7 Å². The molecular weight excluding hydrogens is 266 g/mol. The van der Waals surface area contributed by atoms with Gasteiger partial charge in [-0.15, -0.1) is 0 Å². The third-order valence-corrected chi connectivity index (χ3v) is 4.65. The highest BCUT2D eigenvalue weighted by Crippen LogP contribution is 2.24. The van der Waals surface area contributed by atoms with E-state index in [1.54, 1.807) is 0 Å². The molecule has 21 heavy (non-hydrogen) atoms. The van der Waals surface area contributed by atoms with Crippen molar-refractivity contribution >= 4 is 5.97 Å². The molecule has 1 saturated carbocycles. The van der Waals surface area contributed by atoms with Crippen molar-refractivity contribution in [2.45, 2.75) is 57.5 Å². The lowest BCUT2D eigenvalue weighted by Crippen LogP contribution is -2.52. The number of ether oxygens (including phenoxy) is 1. The molecule has 0 bridgehead atoms. The van der Waals surface area contributed by atoms with Gasteiger partial charge in [-0.25, -0.2) is 0 Å². The van der Waals surface area contributed by atoms with E-state index in [0.29, 0.717) is 37.6 Å². The topological polar surface area (TPSA) is 67.6 Å². The molecule has 1 aliphatic heterocycles. The molecule has 2 atom stereocenters. The van der Waals surface area contributed by atoms with Crippen LogP contribution in [0.4, 0.5) is 0 Å². The van der Waals surface area contributed by atoms with Gasteiger partial charge >= 0.3 is 5.97 Å². The number of esters is 1. The summed E-state index contributed by atoms with van der Waals surface area (Å²) in [6, 6.07) is 1.17. The largest absolute Gasteiger partial charge is 0.466 e. The minimum absolute atomic E-state index is 0.0586. The normalized spacial score (nSPS) is 27.9. The van der Waals surface area contributed by atoms with Gasteiger partial charge in [0.25, 0.3) is 0 Å². The summed E-state index contributed by atoms with van der Waals surface area (Å²) in [5.41, 5.74) is 5.71. The van der Waals surface area contributed by atoms with Gasteiger partial charge in [0.1, 0.15) is 0 Å². The van der Waals surface area contributed by atoms with Crippen LogP contribution in [0.5, 0.6) is 0 Å². The number of hydrogen-bond acceptors (Lipinski definition) is 5.